The van der Waals surface area contributed by atoms with Gasteiger partial charge in [-0.2, -0.15) is 5.26 Å². The fourth-order valence-electron chi connectivity index (χ4n) is 2.33. The standard InChI is InChI=1S/C15H20N2O2/c1-18-15-7-12(4-5-14(15)8-16)9-17-10-13-3-2-6-19-11-13/h4-5,7,13,17H,2-3,6,9-11H2,1H3. The van der Waals surface area contributed by atoms with Crippen molar-refractivity contribution in [2.75, 3.05) is 26.9 Å². The lowest BCUT2D eigenvalue weighted by atomic mass is 10.0. The summed E-state index contributed by atoms with van der Waals surface area (Å²) in [7, 11) is 1.59. The molecule has 2 rings (SSSR count). The van der Waals surface area contributed by atoms with Crippen LogP contribution in [0, 0.1) is 17.2 Å². The van der Waals surface area contributed by atoms with Gasteiger partial charge in [0.2, 0.25) is 0 Å². The Balaban J connectivity index is 1.84. The average Bonchev–Trinajstić information content (AvgIpc) is 2.48. The van der Waals surface area contributed by atoms with E-state index in [1.165, 1.54) is 6.42 Å². The van der Waals surface area contributed by atoms with E-state index in [-0.39, 0.29) is 0 Å². The quantitative estimate of drug-likeness (QED) is 0.880. The van der Waals surface area contributed by atoms with Gasteiger partial charge in [0, 0.05) is 19.7 Å². The van der Waals surface area contributed by atoms with Crippen LogP contribution in [0.15, 0.2) is 18.2 Å². The summed E-state index contributed by atoms with van der Waals surface area (Å²) in [4.78, 5) is 0. The van der Waals surface area contributed by atoms with Crippen molar-refractivity contribution < 1.29 is 9.47 Å². The van der Waals surface area contributed by atoms with Crippen molar-refractivity contribution in [2.24, 2.45) is 5.92 Å². The summed E-state index contributed by atoms with van der Waals surface area (Å²) in [6.07, 6.45) is 2.40. The van der Waals surface area contributed by atoms with Gasteiger partial charge in [0.1, 0.15) is 11.8 Å². The Hall–Kier alpha value is -1.57. The van der Waals surface area contributed by atoms with Gasteiger partial charge in [0.25, 0.3) is 0 Å². The molecule has 1 aromatic carbocycles. The molecule has 102 valence electrons. The maximum absolute atomic E-state index is 8.93. The lowest BCUT2D eigenvalue weighted by Gasteiger charge is -2.22. The van der Waals surface area contributed by atoms with Crippen LogP contribution in [0.5, 0.6) is 5.75 Å². The molecular weight excluding hydrogens is 240 g/mol. The van der Waals surface area contributed by atoms with Crippen LogP contribution >= 0.6 is 0 Å². The first kappa shape index (κ1) is 13.9. The van der Waals surface area contributed by atoms with Crippen LogP contribution in [0.1, 0.15) is 24.0 Å². The third-order valence-corrected chi connectivity index (χ3v) is 3.40. The molecule has 0 aromatic heterocycles. The lowest BCUT2D eigenvalue weighted by Crippen LogP contribution is -2.28. The van der Waals surface area contributed by atoms with Crippen molar-refractivity contribution in [3.05, 3.63) is 29.3 Å². The van der Waals surface area contributed by atoms with E-state index in [4.69, 9.17) is 14.7 Å². The van der Waals surface area contributed by atoms with E-state index >= 15 is 0 Å². The number of methoxy groups -OCH3 is 1. The molecule has 1 aliphatic heterocycles. The minimum absolute atomic E-state index is 0.576. The highest BCUT2D eigenvalue weighted by Gasteiger charge is 2.13. The van der Waals surface area contributed by atoms with Crippen LogP contribution in [0.3, 0.4) is 0 Å². The number of nitrogens with zero attached hydrogens (tertiary/aromatic N) is 1. The summed E-state index contributed by atoms with van der Waals surface area (Å²) in [5.41, 5.74) is 1.71. The van der Waals surface area contributed by atoms with Gasteiger partial charge < -0.3 is 14.8 Å². The fourth-order valence-corrected chi connectivity index (χ4v) is 2.33. The smallest absolute Gasteiger partial charge is 0.136 e. The zero-order valence-corrected chi connectivity index (χ0v) is 11.3. The molecule has 0 saturated carbocycles. The van der Waals surface area contributed by atoms with E-state index in [2.05, 4.69) is 11.4 Å². The van der Waals surface area contributed by atoms with Crippen LogP contribution in [0.4, 0.5) is 0 Å². The van der Waals surface area contributed by atoms with Gasteiger partial charge in [-0.05, 0) is 36.5 Å². The van der Waals surface area contributed by atoms with Gasteiger partial charge in [-0.1, -0.05) is 6.07 Å². The molecule has 1 unspecified atom stereocenters. The second-order valence-corrected chi connectivity index (χ2v) is 4.86. The van der Waals surface area contributed by atoms with Crippen LogP contribution < -0.4 is 10.1 Å². The summed E-state index contributed by atoms with van der Waals surface area (Å²) in [6.45, 7) is 3.54. The SMILES string of the molecule is COc1cc(CNCC2CCCOC2)ccc1C#N. The molecule has 0 bridgehead atoms. The summed E-state index contributed by atoms with van der Waals surface area (Å²) in [5, 5.41) is 12.4. The molecule has 1 aliphatic rings. The Morgan fingerprint density at radius 1 is 1.53 bits per heavy atom. The van der Waals surface area contributed by atoms with Gasteiger partial charge >= 0.3 is 0 Å². The molecule has 1 atom stereocenters. The van der Waals surface area contributed by atoms with Crippen LogP contribution in [-0.4, -0.2) is 26.9 Å². The second-order valence-electron chi connectivity index (χ2n) is 4.86. The van der Waals surface area contributed by atoms with Crippen molar-refractivity contribution in [1.82, 2.24) is 5.32 Å². The molecular formula is C15H20N2O2. The summed E-state index contributed by atoms with van der Waals surface area (Å²) in [5.74, 6) is 1.26. The van der Waals surface area contributed by atoms with Crippen LogP contribution in [0.2, 0.25) is 0 Å². The number of hydrogen-bond acceptors (Lipinski definition) is 4. The lowest BCUT2D eigenvalue weighted by molar-refractivity contribution is 0.0547. The van der Waals surface area contributed by atoms with E-state index in [0.717, 1.165) is 38.3 Å². The molecule has 1 N–H and O–H groups in total. The van der Waals surface area contributed by atoms with E-state index in [9.17, 15) is 0 Å². The Morgan fingerprint density at radius 3 is 3.11 bits per heavy atom. The molecule has 0 radical (unpaired) electrons. The van der Waals surface area contributed by atoms with E-state index in [1.54, 1.807) is 13.2 Å². The monoisotopic (exact) mass is 260 g/mol. The zero-order valence-electron chi connectivity index (χ0n) is 11.3. The van der Waals surface area contributed by atoms with Crippen molar-refractivity contribution in [2.45, 2.75) is 19.4 Å². The first-order valence-electron chi connectivity index (χ1n) is 6.69. The zero-order chi connectivity index (χ0) is 13.5. The number of ether oxygens (including phenoxy) is 2. The van der Waals surface area contributed by atoms with Gasteiger partial charge in [-0.3, -0.25) is 0 Å². The normalized spacial score (nSPS) is 18.8. The summed E-state index contributed by atoms with van der Waals surface area (Å²) in [6, 6.07) is 7.81. The summed E-state index contributed by atoms with van der Waals surface area (Å²) >= 11 is 0. The molecule has 4 heteroatoms. The summed E-state index contributed by atoms with van der Waals surface area (Å²) < 4.78 is 10.7. The van der Waals surface area contributed by atoms with E-state index < -0.39 is 0 Å². The molecule has 1 heterocycles. The largest absolute Gasteiger partial charge is 0.495 e. The van der Waals surface area contributed by atoms with Crippen molar-refractivity contribution in [3.8, 4) is 11.8 Å². The minimum atomic E-state index is 0.576. The van der Waals surface area contributed by atoms with E-state index in [1.807, 2.05) is 12.1 Å². The highest BCUT2D eigenvalue weighted by Crippen LogP contribution is 2.19. The van der Waals surface area contributed by atoms with Crippen LogP contribution in [0.25, 0.3) is 0 Å². The van der Waals surface area contributed by atoms with Gasteiger partial charge in [0.15, 0.2) is 0 Å². The first-order valence-corrected chi connectivity index (χ1v) is 6.69. The maximum Gasteiger partial charge on any atom is 0.136 e. The van der Waals surface area contributed by atoms with Crippen molar-refractivity contribution in [1.29, 1.82) is 5.26 Å². The second kappa shape index (κ2) is 7.13. The number of hydrogen-bond donors (Lipinski definition) is 1. The predicted molar refractivity (Wildman–Crippen MR) is 73.0 cm³/mol. The van der Waals surface area contributed by atoms with Crippen LogP contribution in [-0.2, 0) is 11.3 Å². The molecule has 4 nitrogen and oxygen atoms in total. The number of nitrogens with one attached hydrogen (secondary N) is 1. The highest BCUT2D eigenvalue weighted by molar-refractivity contribution is 5.45. The Kier molecular flexibility index (Phi) is 5.20. The molecule has 0 spiro atoms. The first-order chi connectivity index (χ1) is 9.33. The number of benzene rings is 1. The molecule has 1 aromatic rings. The van der Waals surface area contributed by atoms with Gasteiger partial charge in [-0.25, -0.2) is 0 Å². The molecule has 19 heavy (non-hydrogen) atoms. The van der Waals surface area contributed by atoms with E-state index in [0.29, 0.717) is 17.2 Å². The molecule has 0 aliphatic carbocycles. The topological polar surface area (TPSA) is 54.3 Å². The Labute approximate surface area is 114 Å². The van der Waals surface area contributed by atoms with Crippen molar-refractivity contribution >= 4 is 0 Å². The predicted octanol–water partition coefficient (Wildman–Crippen LogP) is 2.08. The Bertz CT molecular complexity index is 448. The van der Waals surface area contributed by atoms with Crippen molar-refractivity contribution in [3.63, 3.8) is 0 Å². The fraction of sp³-hybridized carbons (Fsp3) is 0.533. The molecule has 1 fully saturated rings. The minimum Gasteiger partial charge on any atom is -0.495 e. The third-order valence-electron chi connectivity index (χ3n) is 3.40. The molecule has 0 amide bonds. The Morgan fingerprint density at radius 2 is 2.42 bits per heavy atom. The van der Waals surface area contributed by atoms with Gasteiger partial charge in [-0.15, -0.1) is 0 Å². The molecule has 1 saturated heterocycles. The number of nitriles is 1. The highest BCUT2D eigenvalue weighted by atomic mass is 16.5. The van der Waals surface area contributed by atoms with Gasteiger partial charge in [0.05, 0.1) is 19.3 Å². The average molecular weight is 260 g/mol. The maximum atomic E-state index is 8.93. The third kappa shape index (κ3) is 3.95. The number of rotatable bonds is 5.